The molecule has 0 saturated carbocycles. The van der Waals surface area contributed by atoms with Crippen molar-refractivity contribution in [3.8, 4) is 11.5 Å². The van der Waals surface area contributed by atoms with E-state index in [9.17, 15) is 9.18 Å². The molecular formula is C23H22FNO3. The van der Waals surface area contributed by atoms with E-state index >= 15 is 0 Å². The summed E-state index contributed by atoms with van der Waals surface area (Å²) >= 11 is 0. The van der Waals surface area contributed by atoms with Crippen molar-refractivity contribution in [2.75, 3.05) is 13.2 Å². The minimum atomic E-state index is -0.262. The Labute approximate surface area is 163 Å². The van der Waals surface area contributed by atoms with Crippen LogP contribution in [0.3, 0.4) is 0 Å². The predicted octanol–water partition coefficient (Wildman–Crippen LogP) is 4.14. The summed E-state index contributed by atoms with van der Waals surface area (Å²) in [5.41, 5.74) is 1.67. The molecule has 5 heteroatoms. The van der Waals surface area contributed by atoms with Gasteiger partial charge in [0.2, 0.25) is 0 Å². The van der Waals surface area contributed by atoms with Crippen LogP contribution in [0.25, 0.3) is 0 Å². The first-order valence-corrected chi connectivity index (χ1v) is 9.10. The molecule has 1 amide bonds. The van der Waals surface area contributed by atoms with Crippen molar-refractivity contribution < 1.29 is 18.7 Å². The number of hydrogen-bond donors (Lipinski definition) is 1. The maximum absolute atomic E-state index is 13.5. The summed E-state index contributed by atoms with van der Waals surface area (Å²) in [4.78, 5) is 11.9. The highest BCUT2D eigenvalue weighted by molar-refractivity contribution is 5.77. The van der Waals surface area contributed by atoms with Crippen LogP contribution in [0, 0.1) is 5.82 Å². The van der Waals surface area contributed by atoms with E-state index in [4.69, 9.17) is 9.47 Å². The van der Waals surface area contributed by atoms with E-state index in [1.165, 1.54) is 6.07 Å². The summed E-state index contributed by atoms with van der Waals surface area (Å²) in [5.74, 6) is 0.796. The van der Waals surface area contributed by atoms with E-state index < -0.39 is 0 Å². The SMILES string of the molecule is O=C(COc1ccc(OCc2ccccc2)cc1)NCCc1ccccc1F. The number of hydrogen-bond acceptors (Lipinski definition) is 3. The van der Waals surface area contributed by atoms with Crippen molar-refractivity contribution in [1.29, 1.82) is 0 Å². The lowest BCUT2D eigenvalue weighted by Crippen LogP contribution is -2.30. The Morgan fingerprint density at radius 2 is 1.46 bits per heavy atom. The molecule has 0 aliphatic heterocycles. The van der Waals surface area contributed by atoms with Gasteiger partial charge in [0.15, 0.2) is 6.61 Å². The topological polar surface area (TPSA) is 47.6 Å². The fourth-order valence-corrected chi connectivity index (χ4v) is 2.61. The van der Waals surface area contributed by atoms with Crippen LogP contribution in [0.5, 0.6) is 11.5 Å². The van der Waals surface area contributed by atoms with Gasteiger partial charge in [0.05, 0.1) is 0 Å². The Morgan fingerprint density at radius 1 is 0.821 bits per heavy atom. The normalized spacial score (nSPS) is 10.3. The van der Waals surface area contributed by atoms with E-state index in [0.717, 1.165) is 11.3 Å². The van der Waals surface area contributed by atoms with Crippen molar-refractivity contribution in [2.24, 2.45) is 0 Å². The lowest BCUT2D eigenvalue weighted by Gasteiger charge is -2.09. The summed E-state index contributed by atoms with van der Waals surface area (Å²) < 4.78 is 24.7. The van der Waals surface area contributed by atoms with Crippen molar-refractivity contribution in [3.05, 3.63) is 95.8 Å². The van der Waals surface area contributed by atoms with Gasteiger partial charge >= 0.3 is 0 Å². The number of halogens is 1. The smallest absolute Gasteiger partial charge is 0.257 e. The zero-order valence-corrected chi connectivity index (χ0v) is 15.4. The molecule has 0 spiro atoms. The molecule has 0 bridgehead atoms. The molecule has 28 heavy (non-hydrogen) atoms. The molecule has 0 radical (unpaired) electrons. The van der Waals surface area contributed by atoms with Gasteiger partial charge in [-0.2, -0.15) is 0 Å². The second-order valence-corrected chi connectivity index (χ2v) is 6.23. The summed E-state index contributed by atoms with van der Waals surface area (Å²) in [6, 6.07) is 23.6. The van der Waals surface area contributed by atoms with Crippen LogP contribution in [0.4, 0.5) is 4.39 Å². The standard InChI is InChI=1S/C23H22FNO3/c24-22-9-5-4-8-19(22)14-15-25-23(26)17-28-21-12-10-20(11-13-21)27-16-18-6-2-1-3-7-18/h1-13H,14-17H2,(H,25,26). The van der Waals surface area contributed by atoms with Crippen molar-refractivity contribution in [1.82, 2.24) is 5.32 Å². The molecule has 3 aromatic rings. The number of amides is 1. The van der Waals surface area contributed by atoms with Crippen molar-refractivity contribution in [2.45, 2.75) is 13.0 Å². The van der Waals surface area contributed by atoms with Gasteiger partial charge in [-0.05, 0) is 47.9 Å². The number of nitrogens with one attached hydrogen (secondary N) is 1. The number of rotatable bonds is 9. The van der Waals surface area contributed by atoms with E-state index in [1.807, 2.05) is 30.3 Å². The second-order valence-electron chi connectivity index (χ2n) is 6.23. The van der Waals surface area contributed by atoms with Crippen LogP contribution >= 0.6 is 0 Å². The first-order chi connectivity index (χ1) is 13.7. The molecular weight excluding hydrogens is 357 g/mol. The molecule has 0 aliphatic carbocycles. The molecule has 0 atom stereocenters. The van der Waals surface area contributed by atoms with Gasteiger partial charge in [0.1, 0.15) is 23.9 Å². The number of ether oxygens (including phenoxy) is 2. The van der Waals surface area contributed by atoms with Gasteiger partial charge in [0.25, 0.3) is 5.91 Å². The predicted molar refractivity (Wildman–Crippen MR) is 106 cm³/mol. The molecule has 0 fully saturated rings. The van der Waals surface area contributed by atoms with Crippen LogP contribution in [0.2, 0.25) is 0 Å². The summed E-state index contributed by atoms with van der Waals surface area (Å²) in [5, 5.41) is 2.72. The molecule has 3 rings (SSSR count). The van der Waals surface area contributed by atoms with Gasteiger partial charge in [-0.3, -0.25) is 4.79 Å². The fourth-order valence-electron chi connectivity index (χ4n) is 2.61. The van der Waals surface area contributed by atoms with Gasteiger partial charge in [-0.1, -0.05) is 48.5 Å². The van der Waals surface area contributed by atoms with Gasteiger partial charge in [0, 0.05) is 6.54 Å². The molecule has 0 aromatic heterocycles. The van der Waals surface area contributed by atoms with Crippen LogP contribution in [0.15, 0.2) is 78.9 Å². The second kappa shape index (κ2) is 10.1. The quantitative estimate of drug-likeness (QED) is 0.608. The molecule has 144 valence electrons. The molecule has 0 heterocycles. The van der Waals surface area contributed by atoms with Crippen LogP contribution in [-0.2, 0) is 17.8 Å². The molecule has 4 nitrogen and oxygen atoms in total. The summed E-state index contributed by atoms with van der Waals surface area (Å²) in [6.45, 7) is 0.752. The minimum absolute atomic E-state index is 0.0957. The van der Waals surface area contributed by atoms with Gasteiger partial charge in [-0.15, -0.1) is 0 Å². The zero-order chi connectivity index (χ0) is 19.6. The van der Waals surface area contributed by atoms with Gasteiger partial charge < -0.3 is 14.8 Å². The van der Waals surface area contributed by atoms with E-state index in [1.54, 1.807) is 42.5 Å². The lowest BCUT2D eigenvalue weighted by atomic mass is 10.1. The van der Waals surface area contributed by atoms with Crippen molar-refractivity contribution >= 4 is 5.91 Å². The van der Waals surface area contributed by atoms with E-state index in [0.29, 0.717) is 30.9 Å². The minimum Gasteiger partial charge on any atom is -0.489 e. The third-order valence-corrected chi connectivity index (χ3v) is 4.12. The molecule has 0 aliphatic rings. The van der Waals surface area contributed by atoms with Gasteiger partial charge in [-0.25, -0.2) is 4.39 Å². The largest absolute Gasteiger partial charge is 0.489 e. The maximum atomic E-state index is 13.5. The van der Waals surface area contributed by atoms with E-state index in [-0.39, 0.29) is 18.3 Å². The molecule has 1 N–H and O–H groups in total. The first-order valence-electron chi connectivity index (χ1n) is 9.10. The third kappa shape index (κ3) is 6.13. The highest BCUT2D eigenvalue weighted by atomic mass is 19.1. The molecule has 0 unspecified atom stereocenters. The Morgan fingerprint density at radius 3 is 2.18 bits per heavy atom. The monoisotopic (exact) mass is 379 g/mol. The average Bonchev–Trinajstić information content (AvgIpc) is 2.74. The third-order valence-electron chi connectivity index (χ3n) is 4.12. The Balaban J connectivity index is 1.37. The lowest BCUT2D eigenvalue weighted by molar-refractivity contribution is -0.123. The number of carbonyl (C=O) groups is 1. The Hall–Kier alpha value is -3.34. The highest BCUT2D eigenvalue weighted by Crippen LogP contribution is 2.18. The zero-order valence-electron chi connectivity index (χ0n) is 15.4. The maximum Gasteiger partial charge on any atom is 0.257 e. The first kappa shape index (κ1) is 19.4. The van der Waals surface area contributed by atoms with Crippen LogP contribution in [-0.4, -0.2) is 19.1 Å². The molecule has 3 aromatic carbocycles. The van der Waals surface area contributed by atoms with E-state index in [2.05, 4.69) is 5.32 Å². The number of carbonyl (C=O) groups excluding carboxylic acids is 1. The summed E-state index contributed by atoms with van der Waals surface area (Å²) in [7, 11) is 0. The Kier molecular flexibility index (Phi) is 7.01. The molecule has 0 saturated heterocycles. The summed E-state index contributed by atoms with van der Waals surface area (Å²) in [6.07, 6.45) is 0.436. The Bertz CT molecular complexity index is 882. The average molecular weight is 379 g/mol. The van der Waals surface area contributed by atoms with Crippen molar-refractivity contribution in [3.63, 3.8) is 0 Å². The number of benzene rings is 3. The van der Waals surface area contributed by atoms with Crippen LogP contribution < -0.4 is 14.8 Å². The van der Waals surface area contributed by atoms with Crippen LogP contribution in [0.1, 0.15) is 11.1 Å². The highest BCUT2D eigenvalue weighted by Gasteiger charge is 2.05. The fraction of sp³-hybridized carbons (Fsp3) is 0.174.